The number of carbonyl (C=O) groups excluding carboxylic acids is 1. The zero-order valence-electron chi connectivity index (χ0n) is 18.4. The molecule has 10 nitrogen and oxygen atoms in total. The molecule has 33 heavy (non-hydrogen) atoms. The van der Waals surface area contributed by atoms with Gasteiger partial charge in [-0.2, -0.15) is 15.0 Å². The molecule has 1 atom stereocenters. The minimum Gasteiger partial charge on any atom is -0.495 e. The Balaban J connectivity index is 1.51. The Morgan fingerprint density at radius 2 is 2.06 bits per heavy atom. The first-order valence-corrected chi connectivity index (χ1v) is 11.1. The summed E-state index contributed by atoms with van der Waals surface area (Å²) in [7, 11) is 1.53. The van der Waals surface area contributed by atoms with Crippen molar-refractivity contribution in [1.29, 1.82) is 0 Å². The first-order valence-electron chi connectivity index (χ1n) is 10.7. The molecular formula is C22H23ClN6O4. The number of nitrogens with one attached hydrogen (secondary N) is 2. The number of H-pyrrole nitrogens is 1. The molecule has 0 bridgehead atoms. The van der Waals surface area contributed by atoms with Crippen LogP contribution in [0.15, 0.2) is 23.0 Å². The van der Waals surface area contributed by atoms with E-state index < -0.39 is 11.6 Å². The topological polar surface area (TPSA) is 122 Å². The van der Waals surface area contributed by atoms with E-state index in [0.717, 1.165) is 18.2 Å². The molecule has 1 aliphatic heterocycles. The number of ether oxygens (including phenoxy) is 2. The molecule has 0 spiro atoms. The highest BCUT2D eigenvalue weighted by Crippen LogP contribution is 2.47. The lowest BCUT2D eigenvalue weighted by Crippen LogP contribution is -2.35. The number of carbonyl (C=O) groups is 1. The first-order chi connectivity index (χ1) is 15.8. The fourth-order valence-electron chi connectivity index (χ4n) is 4.16. The Hall–Kier alpha value is -3.40. The molecule has 2 fully saturated rings. The van der Waals surface area contributed by atoms with Gasteiger partial charge in [-0.15, -0.1) is 0 Å². The van der Waals surface area contributed by atoms with Crippen molar-refractivity contribution < 1.29 is 14.3 Å². The maximum absolute atomic E-state index is 13.0. The maximum Gasteiger partial charge on any atom is 0.417 e. The van der Waals surface area contributed by atoms with Gasteiger partial charge in [-0.3, -0.25) is 4.79 Å². The molecule has 1 amide bonds. The highest BCUT2D eigenvalue weighted by atomic mass is 35.5. The summed E-state index contributed by atoms with van der Waals surface area (Å²) in [6, 6.07) is 5.17. The number of halogens is 1. The van der Waals surface area contributed by atoms with Crippen LogP contribution in [0.3, 0.4) is 0 Å². The lowest BCUT2D eigenvalue weighted by atomic mass is 10.0. The van der Waals surface area contributed by atoms with Gasteiger partial charge in [0, 0.05) is 17.0 Å². The summed E-state index contributed by atoms with van der Waals surface area (Å²) < 4.78 is 10.4. The van der Waals surface area contributed by atoms with E-state index >= 15 is 0 Å². The number of pyridine rings is 1. The third kappa shape index (κ3) is 3.74. The number of rotatable bonds is 6. The van der Waals surface area contributed by atoms with Gasteiger partial charge in [0.2, 0.25) is 11.9 Å². The van der Waals surface area contributed by atoms with E-state index in [4.69, 9.17) is 21.1 Å². The van der Waals surface area contributed by atoms with Crippen LogP contribution in [0.1, 0.15) is 37.6 Å². The number of benzene rings is 1. The van der Waals surface area contributed by atoms with Crippen LogP contribution in [0.25, 0.3) is 10.9 Å². The van der Waals surface area contributed by atoms with Crippen LogP contribution >= 0.6 is 11.6 Å². The minimum atomic E-state index is -0.616. The fourth-order valence-corrected chi connectivity index (χ4v) is 4.41. The Bertz CT molecular complexity index is 1320. The van der Waals surface area contributed by atoms with Gasteiger partial charge >= 0.3 is 6.09 Å². The van der Waals surface area contributed by atoms with Crippen molar-refractivity contribution in [2.45, 2.75) is 44.7 Å². The van der Waals surface area contributed by atoms with Gasteiger partial charge in [-0.25, -0.2) is 9.69 Å². The van der Waals surface area contributed by atoms with Gasteiger partial charge in [-0.05, 0) is 38.3 Å². The second-order valence-corrected chi connectivity index (χ2v) is 8.72. The molecule has 1 saturated carbocycles. The summed E-state index contributed by atoms with van der Waals surface area (Å²) in [6.07, 6.45) is 1.70. The van der Waals surface area contributed by atoms with Crippen LogP contribution < -0.4 is 20.5 Å². The monoisotopic (exact) mass is 470 g/mol. The molecule has 172 valence electrons. The number of aromatic amines is 1. The summed E-state index contributed by atoms with van der Waals surface area (Å²) in [5, 5.41) is 4.57. The average molecular weight is 471 g/mol. The molecule has 5 rings (SSSR count). The van der Waals surface area contributed by atoms with Crippen LogP contribution in [-0.4, -0.2) is 45.8 Å². The molecule has 0 radical (unpaired) electrons. The first kappa shape index (κ1) is 21.4. The standard InChI is InChI=1S/C22H23ClN6O4/c1-4-13-10-33-21(31)29(13)20-25-11(2)24-19(27-20)28-22(5-6-22)14-7-12-8-15(23)17(32-3)9-16(12)26-18(14)30/h7-9,13H,4-6,10H2,1-3H3,(H,26,30)(H,24,25,27,28)/t13-/m0/s1. The summed E-state index contributed by atoms with van der Waals surface area (Å²) in [5.41, 5.74) is 0.381. The predicted octanol–water partition coefficient (Wildman–Crippen LogP) is 3.52. The second kappa shape index (κ2) is 7.87. The smallest absolute Gasteiger partial charge is 0.417 e. The fraction of sp³-hybridized carbons (Fsp3) is 0.409. The third-order valence-corrected chi connectivity index (χ3v) is 6.41. The van der Waals surface area contributed by atoms with Crippen LogP contribution in [0.5, 0.6) is 5.75 Å². The Kier molecular flexibility index (Phi) is 5.12. The number of aryl methyl sites for hydroxylation is 1. The molecule has 2 aromatic heterocycles. The number of aromatic nitrogens is 4. The Morgan fingerprint density at radius 3 is 2.76 bits per heavy atom. The number of hydrogen-bond acceptors (Lipinski definition) is 8. The molecule has 2 N–H and O–H groups in total. The van der Waals surface area contributed by atoms with E-state index in [-0.39, 0.29) is 17.5 Å². The van der Waals surface area contributed by atoms with Gasteiger partial charge in [0.1, 0.15) is 18.2 Å². The molecule has 2 aliphatic rings. The molecule has 3 aromatic rings. The van der Waals surface area contributed by atoms with E-state index in [0.29, 0.717) is 46.7 Å². The van der Waals surface area contributed by atoms with Crippen LogP contribution in [-0.2, 0) is 10.3 Å². The number of methoxy groups -OCH3 is 1. The maximum atomic E-state index is 13.0. The summed E-state index contributed by atoms with van der Waals surface area (Å²) in [5.74, 6) is 1.49. The van der Waals surface area contributed by atoms with Crippen LogP contribution in [0.2, 0.25) is 5.02 Å². The third-order valence-electron chi connectivity index (χ3n) is 6.12. The molecule has 1 saturated heterocycles. The highest BCUT2D eigenvalue weighted by molar-refractivity contribution is 6.32. The number of nitrogens with zero attached hydrogens (tertiary/aromatic N) is 4. The van der Waals surface area contributed by atoms with Crippen molar-refractivity contribution in [3.05, 3.63) is 45.0 Å². The van der Waals surface area contributed by atoms with Crippen molar-refractivity contribution in [3.8, 4) is 5.75 Å². The largest absolute Gasteiger partial charge is 0.495 e. The zero-order valence-corrected chi connectivity index (χ0v) is 19.2. The van der Waals surface area contributed by atoms with E-state index in [1.54, 1.807) is 19.1 Å². The van der Waals surface area contributed by atoms with Crippen molar-refractivity contribution in [3.63, 3.8) is 0 Å². The summed E-state index contributed by atoms with van der Waals surface area (Å²) in [4.78, 5) is 42.8. The summed E-state index contributed by atoms with van der Waals surface area (Å²) >= 11 is 6.29. The van der Waals surface area contributed by atoms with Gasteiger partial charge in [-0.1, -0.05) is 18.5 Å². The highest BCUT2D eigenvalue weighted by Gasteiger charge is 2.47. The van der Waals surface area contributed by atoms with E-state index in [1.165, 1.54) is 12.0 Å². The number of cyclic esters (lactones) is 1. The number of fused-ring (bicyclic) bond motifs is 1. The molecule has 3 heterocycles. The van der Waals surface area contributed by atoms with Gasteiger partial charge in [0.05, 0.1) is 29.2 Å². The molecule has 0 unspecified atom stereocenters. The minimum absolute atomic E-state index is 0.132. The van der Waals surface area contributed by atoms with Crippen LogP contribution in [0, 0.1) is 6.92 Å². The van der Waals surface area contributed by atoms with E-state index in [1.807, 2.05) is 13.0 Å². The molecular weight excluding hydrogens is 448 g/mol. The van der Waals surface area contributed by atoms with Gasteiger partial charge in [0.15, 0.2) is 0 Å². The van der Waals surface area contributed by atoms with Crippen molar-refractivity contribution in [2.75, 3.05) is 23.9 Å². The molecule has 1 aliphatic carbocycles. The second-order valence-electron chi connectivity index (χ2n) is 8.31. The lowest BCUT2D eigenvalue weighted by molar-refractivity contribution is 0.178. The van der Waals surface area contributed by atoms with E-state index in [2.05, 4.69) is 25.3 Å². The van der Waals surface area contributed by atoms with Gasteiger partial charge < -0.3 is 19.8 Å². The normalized spacial score (nSPS) is 19.0. The van der Waals surface area contributed by atoms with Crippen molar-refractivity contribution >= 4 is 40.5 Å². The average Bonchev–Trinajstić information content (AvgIpc) is 3.45. The van der Waals surface area contributed by atoms with Crippen LogP contribution in [0.4, 0.5) is 16.7 Å². The Labute approximate surface area is 194 Å². The predicted molar refractivity (Wildman–Crippen MR) is 123 cm³/mol. The zero-order chi connectivity index (χ0) is 23.3. The molecule has 11 heteroatoms. The Morgan fingerprint density at radius 1 is 1.27 bits per heavy atom. The SMILES string of the molecule is CC[C@H]1COC(=O)N1c1nc(C)nc(NC2(c3cc4cc(Cl)c(OC)cc4[nH]c3=O)CC2)n1. The number of hydrogen-bond donors (Lipinski definition) is 2. The quantitative estimate of drug-likeness (QED) is 0.561. The molecule has 1 aromatic carbocycles. The van der Waals surface area contributed by atoms with Gasteiger partial charge in [0.25, 0.3) is 5.56 Å². The summed E-state index contributed by atoms with van der Waals surface area (Å²) in [6.45, 7) is 4.00. The number of anilines is 2. The van der Waals surface area contributed by atoms with Crippen molar-refractivity contribution in [1.82, 2.24) is 19.9 Å². The number of amides is 1. The van der Waals surface area contributed by atoms with E-state index in [9.17, 15) is 9.59 Å². The lowest BCUT2D eigenvalue weighted by Gasteiger charge is -2.21. The van der Waals surface area contributed by atoms with Crippen molar-refractivity contribution in [2.24, 2.45) is 0 Å².